The molecular formula is C19H19BrN2O. The second kappa shape index (κ2) is 7.01. The molecule has 3 rings (SSSR count). The third-order valence-corrected chi connectivity index (χ3v) is 4.57. The highest BCUT2D eigenvalue weighted by atomic mass is 79.9. The van der Waals surface area contributed by atoms with E-state index in [4.69, 9.17) is 0 Å². The first kappa shape index (κ1) is 15.8. The van der Waals surface area contributed by atoms with Gasteiger partial charge in [0.1, 0.15) is 0 Å². The maximum atomic E-state index is 12.4. The molecule has 0 spiro atoms. The Bertz CT molecular complexity index is 808. The summed E-state index contributed by atoms with van der Waals surface area (Å²) >= 11 is 3.44. The molecule has 1 amide bonds. The summed E-state index contributed by atoms with van der Waals surface area (Å²) < 4.78 is 1.04. The van der Waals surface area contributed by atoms with Crippen LogP contribution in [0, 0.1) is 0 Å². The van der Waals surface area contributed by atoms with E-state index >= 15 is 0 Å². The molecule has 3 aromatic rings. The Kier molecular flexibility index (Phi) is 4.82. The van der Waals surface area contributed by atoms with Crippen LogP contribution in [0.5, 0.6) is 0 Å². The van der Waals surface area contributed by atoms with Crippen LogP contribution in [0.3, 0.4) is 0 Å². The Hall–Kier alpha value is -2.07. The van der Waals surface area contributed by atoms with E-state index in [1.807, 2.05) is 54.7 Å². The van der Waals surface area contributed by atoms with Crippen LogP contribution >= 0.6 is 15.9 Å². The first-order valence-electron chi connectivity index (χ1n) is 7.77. The van der Waals surface area contributed by atoms with Gasteiger partial charge in [0.15, 0.2) is 0 Å². The molecular weight excluding hydrogens is 352 g/mol. The van der Waals surface area contributed by atoms with E-state index in [9.17, 15) is 4.79 Å². The maximum absolute atomic E-state index is 12.4. The molecule has 0 bridgehead atoms. The van der Waals surface area contributed by atoms with Crippen LogP contribution in [0.1, 0.15) is 30.5 Å². The minimum Gasteiger partial charge on any atom is -0.361 e. The summed E-state index contributed by atoms with van der Waals surface area (Å²) in [5, 5.41) is 4.25. The number of hydrogen-bond donors (Lipinski definition) is 2. The van der Waals surface area contributed by atoms with Crippen molar-refractivity contribution in [2.75, 3.05) is 0 Å². The summed E-state index contributed by atoms with van der Waals surface area (Å²) in [5.41, 5.74) is 3.22. The minimum atomic E-state index is 0.0424. The van der Waals surface area contributed by atoms with E-state index in [0.717, 1.165) is 32.9 Å². The fourth-order valence-electron chi connectivity index (χ4n) is 2.81. The third-order valence-electron chi connectivity index (χ3n) is 4.04. The molecule has 1 aromatic heterocycles. The van der Waals surface area contributed by atoms with E-state index in [1.165, 1.54) is 0 Å². The number of amides is 1. The van der Waals surface area contributed by atoms with Gasteiger partial charge in [-0.15, -0.1) is 0 Å². The molecule has 1 atom stereocenters. The van der Waals surface area contributed by atoms with Crippen molar-refractivity contribution in [3.05, 3.63) is 70.3 Å². The first-order chi connectivity index (χ1) is 11.2. The Balaban J connectivity index is 1.71. The number of carbonyl (C=O) groups excluding carboxylic acids is 1. The molecule has 1 unspecified atom stereocenters. The van der Waals surface area contributed by atoms with Gasteiger partial charge in [-0.1, -0.05) is 53.2 Å². The molecule has 2 aromatic carbocycles. The number of hydrogen-bond acceptors (Lipinski definition) is 1. The molecule has 23 heavy (non-hydrogen) atoms. The van der Waals surface area contributed by atoms with Crippen LogP contribution < -0.4 is 5.32 Å². The molecule has 0 saturated heterocycles. The van der Waals surface area contributed by atoms with Gasteiger partial charge in [-0.25, -0.2) is 0 Å². The van der Waals surface area contributed by atoms with E-state index < -0.39 is 0 Å². The topological polar surface area (TPSA) is 44.9 Å². The summed E-state index contributed by atoms with van der Waals surface area (Å²) in [6, 6.07) is 16.2. The lowest BCUT2D eigenvalue weighted by molar-refractivity contribution is -0.121. The number of para-hydroxylation sites is 1. The zero-order valence-electron chi connectivity index (χ0n) is 13.0. The number of fused-ring (bicyclic) bond motifs is 1. The van der Waals surface area contributed by atoms with Crippen molar-refractivity contribution in [1.82, 2.24) is 10.3 Å². The molecule has 0 saturated carbocycles. The van der Waals surface area contributed by atoms with Gasteiger partial charge in [-0.3, -0.25) is 4.79 Å². The predicted octanol–water partition coefficient (Wildman–Crippen LogP) is 4.74. The van der Waals surface area contributed by atoms with Crippen molar-refractivity contribution in [2.24, 2.45) is 0 Å². The van der Waals surface area contributed by atoms with Crippen LogP contribution in [0.25, 0.3) is 10.9 Å². The van der Waals surface area contributed by atoms with Gasteiger partial charge in [-0.05, 0) is 35.7 Å². The lowest BCUT2D eigenvalue weighted by atomic mass is 10.0. The second-order valence-electron chi connectivity index (χ2n) is 5.62. The number of benzene rings is 2. The summed E-state index contributed by atoms with van der Waals surface area (Å²) in [6.07, 6.45) is 3.17. The smallest absolute Gasteiger partial charge is 0.224 e. The van der Waals surface area contributed by atoms with Crippen LogP contribution in [0.4, 0.5) is 0 Å². The van der Waals surface area contributed by atoms with Gasteiger partial charge in [0.25, 0.3) is 0 Å². The second-order valence-corrected chi connectivity index (χ2v) is 6.53. The quantitative estimate of drug-likeness (QED) is 0.669. The minimum absolute atomic E-state index is 0.0424. The first-order valence-corrected chi connectivity index (χ1v) is 8.56. The number of halogens is 1. The zero-order chi connectivity index (χ0) is 16.2. The average molecular weight is 371 g/mol. The van der Waals surface area contributed by atoms with Crippen molar-refractivity contribution in [2.45, 2.75) is 25.8 Å². The van der Waals surface area contributed by atoms with Crippen molar-refractivity contribution in [1.29, 1.82) is 0 Å². The Morgan fingerprint density at radius 3 is 2.65 bits per heavy atom. The number of aromatic nitrogens is 1. The van der Waals surface area contributed by atoms with E-state index in [0.29, 0.717) is 6.42 Å². The molecule has 3 nitrogen and oxygen atoms in total. The van der Waals surface area contributed by atoms with Crippen molar-refractivity contribution < 1.29 is 4.79 Å². The lowest BCUT2D eigenvalue weighted by Gasteiger charge is -2.17. The van der Waals surface area contributed by atoms with Crippen molar-refractivity contribution in [3.8, 4) is 0 Å². The normalized spacial score (nSPS) is 12.3. The Morgan fingerprint density at radius 1 is 1.17 bits per heavy atom. The molecule has 118 valence electrons. The molecule has 0 aliphatic carbocycles. The van der Waals surface area contributed by atoms with Crippen molar-refractivity contribution >= 4 is 32.7 Å². The highest BCUT2D eigenvalue weighted by Crippen LogP contribution is 2.21. The monoisotopic (exact) mass is 370 g/mol. The number of carbonyl (C=O) groups is 1. The number of H-pyrrole nitrogens is 1. The van der Waals surface area contributed by atoms with E-state index in [2.05, 4.69) is 33.2 Å². The van der Waals surface area contributed by atoms with Crippen LogP contribution in [-0.4, -0.2) is 10.9 Å². The van der Waals surface area contributed by atoms with Gasteiger partial charge in [-0.2, -0.15) is 0 Å². The van der Waals surface area contributed by atoms with Gasteiger partial charge in [0, 0.05) is 21.6 Å². The van der Waals surface area contributed by atoms with Gasteiger partial charge < -0.3 is 10.3 Å². The predicted molar refractivity (Wildman–Crippen MR) is 97.3 cm³/mol. The largest absolute Gasteiger partial charge is 0.361 e. The van der Waals surface area contributed by atoms with Gasteiger partial charge in [0.05, 0.1) is 12.5 Å². The third kappa shape index (κ3) is 3.64. The molecule has 1 heterocycles. The Morgan fingerprint density at radius 2 is 1.91 bits per heavy atom. The lowest BCUT2D eigenvalue weighted by Crippen LogP contribution is -2.29. The molecule has 0 aliphatic heterocycles. The fraction of sp³-hybridized carbons (Fsp3) is 0.211. The molecule has 0 radical (unpaired) electrons. The average Bonchev–Trinajstić information content (AvgIpc) is 2.97. The maximum Gasteiger partial charge on any atom is 0.224 e. The van der Waals surface area contributed by atoms with Gasteiger partial charge in [0.2, 0.25) is 5.91 Å². The highest BCUT2D eigenvalue weighted by Gasteiger charge is 2.14. The fourth-order valence-corrected chi connectivity index (χ4v) is 3.08. The van der Waals surface area contributed by atoms with Crippen LogP contribution in [0.2, 0.25) is 0 Å². The van der Waals surface area contributed by atoms with Crippen molar-refractivity contribution in [3.63, 3.8) is 0 Å². The van der Waals surface area contributed by atoms with E-state index in [-0.39, 0.29) is 11.9 Å². The van der Waals surface area contributed by atoms with Crippen LogP contribution in [-0.2, 0) is 11.2 Å². The van der Waals surface area contributed by atoms with Crippen LogP contribution in [0.15, 0.2) is 59.2 Å². The molecule has 0 aliphatic rings. The van der Waals surface area contributed by atoms with E-state index in [1.54, 1.807) is 0 Å². The molecule has 4 heteroatoms. The SMILES string of the molecule is CCC(NC(=O)Cc1c[nH]c2ccccc12)c1ccc(Br)cc1. The molecule has 2 N–H and O–H groups in total. The Labute approximate surface area is 144 Å². The summed E-state index contributed by atoms with van der Waals surface area (Å²) in [4.78, 5) is 15.6. The number of rotatable bonds is 5. The summed E-state index contributed by atoms with van der Waals surface area (Å²) in [5.74, 6) is 0.0459. The summed E-state index contributed by atoms with van der Waals surface area (Å²) in [6.45, 7) is 2.08. The summed E-state index contributed by atoms with van der Waals surface area (Å²) in [7, 11) is 0. The number of nitrogens with one attached hydrogen (secondary N) is 2. The van der Waals surface area contributed by atoms with Gasteiger partial charge >= 0.3 is 0 Å². The highest BCUT2D eigenvalue weighted by molar-refractivity contribution is 9.10. The number of aromatic amines is 1. The zero-order valence-corrected chi connectivity index (χ0v) is 14.6. The standard InChI is InChI=1S/C19H19BrN2O/c1-2-17(13-7-9-15(20)10-8-13)22-19(23)11-14-12-21-18-6-4-3-5-16(14)18/h3-10,12,17,21H,2,11H2,1H3,(H,22,23). The molecule has 0 fully saturated rings.